The van der Waals surface area contributed by atoms with E-state index >= 15 is 0 Å². The van der Waals surface area contributed by atoms with Crippen molar-refractivity contribution in [3.05, 3.63) is 30.6 Å². The lowest BCUT2D eigenvalue weighted by Crippen LogP contribution is -2.13. The van der Waals surface area contributed by atoms with Gasteiger partial charge in [0.1, 0.15) is 0 Å². The summed E-state index contributed by atoms with van der Waals surface area (Å²) in [5, 5.41) is 4.51. The van der Waals surface area contributed by atoms with Crippen LogP contribution < -0.4 is 5.14 Å². The molecule has 1 heterocycles. The summed E-state index contributed by atoms with van der Waals surface area (Å²) in [5.74, 6) is 0.0208. The summed E-state index contributed by atoms with van der Waals surface area (Å²) < 4.78 is 19.6. The lowest BCUT2D eigenvalue weighted by atomic mass is 10.5. The van der Waals surface area contributed by atoms with Gasteiger partial charge in [-0.1, -0.05) is 6.07 Å². The maximum Gasteiger partial charge on any atom is 0.208 e. The van der Waals surface area contributed by atoms with Crippen molar-refractivity contribution in [2.24, 2.45) is 5.14 Å². The first-order valence-corrected chi connectivity index (χ1v) is 5.13. The second-order valence-electron chi connectivity index (χ2n) is 1.98. The first kappa shape index (κ1) is 11.1. The molecule has 0 aliphatic rings. The molecule has 0 bridgehead atoms. The van der Waals surface area contributed by atoms with Crippen LogP contribution in [0.1, 0.15) is 6.92 Å². The molecule has 0 amide bonds. The first-order valence-electron chi connectivity index (χ1n) is 3.41. The smallest absolute Gasteiger partial charge is 0.208 e. The van der Waals surface area contributed by atoms with Crippen LogP contribution in [0.15, 0.2) is 30.6 Å². The Balaban J connectivity index is 0.000000202. The van der Waals surface area contributed by atoms with Crippen LogP contribution in [-0.4, -0.2) is 19.2 Å². The van der Waals surface area contributed by atoms with Crippen molar-refractivity contribution in [1.82, 2.24) is 4.98 Å². The number of rotatable bonds is 1. The van der Waals surface area contributed by atoms with Gasteiger partial charge >= 0.3 is 0 Å². The first-order chi connectivity index (χ1) is 5.56. The minimum Gasteiger partial charge on any atom is -0.265 e. The summed E-state index contributed by atoms with van der Waals surface area (Å²) in [6.07, 6.45) is 3.50. The Bertz CT molecular complexity index is 257. The minimum atomic E-state index is -3.16. The van der Waals surface area contributed by atoms with E-state index in [1.54, 1.807) is 12.4 Å². The molecule has 1 rings (SSSR count). The van der Waals surface area contributed by atoms with E-state index in [0.717, 1.165) is 0 Å². The fourth-order valence-electron chi connectivity index (χ4n) is 0.313. The van der Waals surface area contributed by atoms with Gasteiger partial charge in [-0.25, -0.2) is 13.6 Å². The van der Waals surface area contributed by atoms with E-state index in [4.69, 9.17) is 0 Å². The van der Waals surface area contributed by atoms with E-state index in [2.05, 4.69) is 10.1 Å². The van der Waals surface area contributed by atoms with E-state index < -0.39 is 10.0 Å². The molecule has 0 saturated heterocycles. The van der Waals surface area contributed by atoms with Gasteiger partial charge in [0.05, 0.1) is 5.75 Å². The number of sulfonamides is 1. The fourth-order valence-corrected chi connectivity index (χ4v) is 0.313. The third-order valence-electron chi connectivity index (χ3n) is 0.969. The topological polar surface area (TPSA) is 73.1 Å². The molecule has 0 unspecified atom stereocenters. The SMILES string of the molecule is CCS(N)(=O)=O.c1ccncc1. The standard InChI is InChI=1S/C5H5N.C2H7NO2S/c1-2-4-6-5-3-1;1-2-6(3,4)5/h1-5H;2H2,1H3,(H2,3,4,5). The molecule has 0 fully saturated rings. The fraction of sp³-hybridized carbons (Fsp3) is 0.286. The summed E-state index contributed by atoms with van der Waals surface area (Å²) in [7, 11) is -3.16. The van der Waals surface area contributed by atoms with Gasteiger partial charge in [0.25, 0.3) is 0 Å². The lowest BCUT2D eigenvalue weighted by Gasteiger charge is -1.81. The van der Waals surface area contributed by atoms with Gasteiger partial charge in [-0.2, -0.15) is 0 Å². The second-order valence-corrected chi connectivity index (χ2v) is 3.88. The summed E-state index contributed by atoms with van der Waals surface area (Å²) >= 11 is 0. The zero-order valence-electron chi connectivity index (χ0n) is 6.84. The predicted octanol–water partition coefficient (Wildman–Crippen LogP) is 0.376. The van der Waals surface area contributed by atoms with Crippen molar-refractivity contribution in [2.45, 2.75) is 6.92 Å². The highest BCUT2D eigenvalue weighted by molar-refractivity contribution is 7.89. The van der Waals surface area contributed by atoms with Gasteiger partial charge in [-0.05, 0) is 19.1 Å². The third-order valence-corrected chi connectivity index (χ3v) is 1.77. The Kier molecular flexibility index (Phi) is 5.23. The average Bonchev–Trinajstić information content (AvgIpc) is 2.07. The third kappa shape index (κ3) is 9.06. The van der Waals surface area contributed by atoms with E-state index in [1.807, 2.05) is 18.2 Å². The van der Waals surface area contributed by atoms with Crippen molar-refractivity contribution in [1.29, 1.82) is 0 Å². The molecule has 1 aromatic heterocycles. The van der Waals surface area contributed by atoms with Crippen molar-refractivity contribution in [3.8, 4) is 0 Å². The molecule has 1 aromatic rings. The molecule has 0 aliphatic heterocycles. The Morgan fingerprint density at radius 2 is 1.67 bits per heavy atom. The normalized spacial score (nSPS) is 9.83. The minimum absolute atomic E-state index is 0.0208. The van der Waals surface area contributed by atoms with Crippen LogP contribution in [0.2, 0.25) is 0 Å². The summed E-state index contributed by atoms with van der Waals surface area (Å²) in [5.41, 5.74) is 0. The van der Waals surface area contributed by atoms with Gasteiger partial charge in [-0.15, -0.1) is 0 Å². The monoisotopic (exact) mass is 188 g/mol. The van der Waals surface area contributed by atoms with Crippen molar-refractivity contribution in [2.75, 3.05) is 5.75 Å². The number of nitrogens with two attached hydrogens (primary N) is 1. The van der Waals surface area contributed by atoms with Crippen LogP contribution in [0.4, 0.5) is 0 Å². The van der Waals surface area contributed by atoms with Gasteiger partial charge in [0, 0.05) is 12.4 Å². The van der Waals surface area contributed by atoms with Gasteiger partial charge in [-0.3, -0.25) is 4.98 Å². The molecule has 4 nitrogen and oxygen atoms in total. The molecule has 5 heteroatoms. The number of nitrogens with zero attached hydrogens (tertiary/aromatic N) is 1. The Morgan fingerprint density at radius 3 is 1.75 bits per heavy atom. The quantitative estimate of drug-likeness (QED) is 0.692. The number of pyridine rings is 1. The molecule has 0 spiro atoms. The summed E-state index contributed by atoms with van der Waals surface area (Å²) in [6, 6.07) is 5.72. The van der Waals surface area contributed by atoms with Gasteiger partial charge < -0.3 is 0 Å². The van der Waals surface area contributed by atoms with Crippen molar-refractivity contribution >= 4 is 10.0 Å². The highest BCUT2D eigenvalue weighted by Gasteiger charge is 1.90. The Morgan fingerprint density at radius 1 is 1.25 bits per heavy atom. The Labute approximate surface area is 72.5 Å². The number of primary sulfonamides is 1. The van der Waals surface area contributed by atoms with Gasteiger partial charge in [0.15, 0.2) is 0 Å². The van der Waals surface area contributed by atoms with Crippen LogP contribution in [0.3, 0.4) is 0 Å². The maximum absolute atomic E-state index is 9.78. The summed E-state index contributed by atoms with van der Waals surface area (Å²) in [4.78, 5) is 3.78. The summed E-state index contributed by atoms with van der Waals surface area (Å²) in [6.45, 7) is 1.50. The van der Waals surface area contributed by atoms with Crippen LogP contribution in [0.25, 0.3) is 0 Å². The van der Waals surface area contributed by atoms with Crippen LogP contribution >= 0.6 is 0 Å². The second kappa shape index (κ2) is 5.68. The van der Waals surface area contributed by atoms with Crippen LogP contribution in [-0.2, 0) is 10.0 Å². The molecule has 68 valence electrons. The van der Waals surface area contributed by atoms with Crippen molar-refractivity contribution < 1.29 is 8.42 Å². The van der Waals surface area contributed by atoms with E-state index in [-0.39, 0.29) is 5.75 Å². The maximum atomic E-state index is 9.78. The van der Waals surface area contributed by atoms with Crippen LogP contribution in [0, 0.1) is 0 Å². The van der Waals surface area contributed by atoms with Crippen molar-refractivity contribution in [3.63, 3.8) is 0 Å². The zero-order valence-corrected chi connectivity index (χ0v) is 7.66. The highest BCUT2D eigenvalue weighted by Crippen LogP contribution is 1.73. The molecule has 12 heavy (non-hydrogen) atoms. The number of aromatic nitrogens is 1. The molecular weight excluding hydrogens is 176 g/mol. The highest BCUT2D eigenvalue weighted by atomic mass is 32.2. The zero-order chi connectivity index (χ0) is 9.45. The van der Waals surface area contributed by atoms with Crippen LogP contribution in [0.5, 0.6) is 0 Å². The predicted molar refractivity (Wildman–Crippen MR) is 47.9 cm³/mol. The van der Waals surface area contributed by atoms with E-state index in [1.165, 1.54) is 6.92 Å². The van der Waals surface area contributed by atoms with E-state index in [9.17, 15) is 8.42 Å². The molecule has 0 atom stereocenters. The lowest BCUT2D eigenvalue weighted by molar-refractivity contribution is 0.599. The molecule has 2 N–H and O–H groups in total. The molecular formula is C7H12N2O2S. The molecule has 0 radical (unpaired) electrons. The average molecular weight is 188 g/mol. The molecule has 0 aliphatic carbocycles. The van der Waals surface area contributed by atoms with E-state index in [0.29, 0.717) is 0 Å². The molecule has 0 saturated carbocycles. The molecule has 0 aromatic carbocycles. The Hall–Kier alpha value is -0.940. The largest absolute Gasteiger partial charge is 0.265 e. The number of hydrogen-bond donors (Lipinski definition) is 1. The van der Waals surface area contributed by atoms with Gasteiger partial charge in [0.2, 0.25) is 10.0 Å². The number of hydrogen-bond acceptors (Lipinski definition) is 3.